The third kappa shape index (κ3) is 3.51. The summed E-state index contributed by atoms with van der Waals surface area (Å²) in [6.45, 7) is 5.44. The molecule has 1 unspecified atom stereocenters. The molecular formula is C20H24N6O3S. The van der Waals surface area contributed by atoms with Crippen LogP contribution in [-0.2, 0) is 17.9 Å². The van der Waals surface area contributed by atoms with Crippen molar-refractivity contribution in [1.82, 2.24) is 24.0 Å². The number of hydrogen-bond donors (Lipinski definition) is 1. The standard InChI is InChI=1S/C20H24N6O3S/c1-3-25-19-16(15(17(21)28)22-18(23-19)13-7-5-9-30-13)26(20(25)29)11-14(27)24-8-4-6-12(2)10-24/h5,7,9,12H,3-4,6,8,10-11H2,1-2H3,(H2,21,28). The number of piperidine rings is 1. The average Bonchev–Trinajstić information content (AvgIpc) is 3.34. The van der Waals surface area contributed by atoms with E-state index in [-0.39, 0.29) is 23.7 Å². The van der Waals surface area contributed by atoms with Crippen molar-refractivity contribution in [2.45, 2.75) is 39.8 Å². The number of aryl methyl sites for hydroxylation is 1. The molecule has 2 N–H and O–H groups in total. The number of hydrogen-bond acceptors (Lipinski definition) is 6. The fourth-order valence-electron chi connectivity index (χ4n) is 3.98. The molecule has 3 aromatic heterocycles. The van der Waals surface area contributed by atoms with Gasteiger partial charge in [0.25, 0.3) is 5.91 Å². The number of nitrogens with zero attached hydrogens (tertiary/aromatic N) is 5. The van der Waals surface area contributed by atoms with Crippen molar-refractivity contribution in [3.05, 3.63) is 33.7 Å². The Labute approximate surface area is 177 Å². The first-order valence-electron chi connectivity index (χ1n) is 10.0. The van der Waals surface area contributed by atoms with Crippen molar-refractivity contribution in [2.75, 3.05) is 13.1 Å². The molecule has 10 heteroatoms. The number of amides is 2. The molecule has 1 aliphatic rings. The Hall–Kier alpha value is -3.01. The lowest BCUT2D eigenvalue weighted by atomic mass is 10.0. The zero-order chi connectivity index (χ0) is 21.4. The Morgan fingerprint density at radius 1 is 1.30 bits per heavy atom. The summed E-state index contributed by atoms with van der Waals surface area (Å²) in [7, 11) is 0. The molecule has 0 aromatic carbocycles. The Morgan fingerprint density at radius 2 is 2.10 bits per heavy atom. The second kappa shape index (κ2) is 8.02. The molecule has 2 amide bonds. The van der Waals surface area contributed by atoms with E-state index in [1.807, 2.05) is 24.4 Å². The number of likely N-dealkylation sites (tertiary alicyclic amines) is 1. The summed E-state index contributed by atoms with van der Waals surface area (Å²) >= 11 is 1.43. The van der Waals surface area contributed by atoms with Crippen molar-refractivity contribution in [2.24, 2.45) is 11.7 Å². The van der Waals surface area contributed by atoms with Gasteiger partial charge in [-0.25, -0.2) is 14.8 Å². The summed E-state index contributed by atoms with van der Waals surface area (Å²) in [4.78, 5) is 49.7. The van der Waals surface area contributed by atoms with Crippen molar-refractivity contribution < 1.29 is 9.59 Å². The summed E-state index contributed by atoms with van der Waals surface area (Å²) in [5, 5.41) is 1.88. The highest BCUT2D eigenvalue weighted by Gasteiger charge is 2.27. The van der Waals surface area contributed by atoms with E-state index in [2.05, 4.69) is 16.9 Å². The van der Waals surface area contributed by atoms with Crippen molar-refractivity contribution >= 4 is 34.3 Å². The minimum atomic E-state index is -0.763. The van der Waals surface area contributed by atoms with Crippen LogP contribution >= 0.6 is 11.3 Å². The Kier molecular flexibility index (Phi) is 5.42. The molecule has 4 rings (SSSR count). The van der Waals surface area contributed by atoms with Gasteiger partial charge in [0, 0.05) is 19.6 Å². The van der Waals surface area contributed by atoms with E-state index in [1.165, 1.54) is 20.5 Å². The number of rotatable bonds is 5. The Morgan fingerprint density at radius 3 is 2.73 bits per heavy atom. The van der Waals surface area contributed by atoms with Gasteiger partial charge in [0.05, 0.1) is 4.88 Å². The Bertz CT molecular complexity index is 1160. The molecule has 1 fully saturated rings. The molecule has 1 aliphatic heterocycles. The molecule has 0 aliphatic carbocycles. The lowest BCUT2D eigenvalue weighted by Gasteiger charge is -2.31. The third-order valence-electron chi connectivity index (χ3n) is 5.45. The summed E-state index contributed by atoms with van der Waals surface area (Å²) in [5.74, 6) is -0.158. The summed E-state index contributed by atoms with van der Waals surface area (Å²) in [5.41, 5.74) is 5.70. The summed E-state index contributed by atoms with van der Waals surface area (Å²) < 4.78 is 2.74. The minimum Gasteiger partial charge on any atom is -0.364 e. The smallest absolute Gasteiger partial charge is 0.330 e. The van der Waals surface area contributed by atoms with Crippen LogP contribution in [0.15, 0.2) is 22.3 Å². The van der Waals surface area contributed by atoms with E-state index < -0.39 is 11.6 Å². The number of carbonyl (C=O) groups excluding carboxylic acids is 2. The molecule has 0 bridgehead atoms. The number of fused-ring (bicyclic) bond motifs is 1. The van der Waals surface area contributed by atoms with Gasteiger partial charge in [-0.1, -0.05) is 13.0 Å². The molecular weight excluding hydrogens is 404 g/mol. The normalized spacial score (nSPS) is 16.9. The maximum atomic E-state index is 13.1. The van der Waals surface area contributed by atoms with Gasteiger partial charge in [0.1, 0.15) is 12.1 Å². The van der Waals surface area contributed by atoms with Crippen LogP contribution in [-0.4, -0.2) is 48.9 Å². The first kappa shape index (κ1) is 20.3. The predicted molar refractivity (Wildman–Crippen MR) is 114 cm³/mol. The van der Waals surface area contributed by atoms with E-state index in [1.54, 1.807) is 4.90 Å². The molecule has 30 heavy (non-hydrogen) atoms. The van der Waals surface area contributed by atoms with Crippen LogP contribution in [0.3, 0.4) is 0 Å². The highest BCUT2D eigenvalue weighted by molar-refractivity contribution is 7.13. The van der Waals surface area contributed by atoms with Gasteiger partial charge < -0.3 is 10.6 Å². The first-order chi connectivity index (χ1) is 14.4. The number of primary amides is 1. The molecule has 3 aromatic rings. The Balaban J connectivity index is 1.85. The van der Waals surface area contributed by atoms with Crippen LogP contribution in [0.1, 0.15) is 37.2 Å². The van der Waals surface area contributed by atoms with Gasteiger partial charge in [-0.15, -0.1) is 11.3 Å². The minimum absolute atomic E-state index is 0.0486. The number of aromatic nitrogens is 4. The quantitative estimate of drug-likeness (QED) is 0.664. The van der Waals surface area contributed by atoms with E-state index >= 15 is 0 Å². The van der Waals surface area contributed by atoms with Gasteiger partial charge in [-0.2, -0.15) is 0 Å². The van der Waals surface area contributed by atoms with Crippen LogP contribution in [0, 0.1) is 5.92 Å². The number of nitrogens with two attached hydrogens (primary N) is 1. The van der Waals surface area contributed by atoms with Crippen LogP contribution < -0.4 is 11.4 Å². The number of thiophene rings is 1. The highest BCUT2D eigenvalue weighted by Crippen LogP contribution is 2.25. The van der Waals surface area contributed by atoms with Gasteiger partial charge in [0.15, 0.2) is 17.2 Å². The molecule has 1 saturated heterocycles. The SMILES string of the molecule is CCn1c(=O)n(CC(=O)N2CCCC(C)C2)c2c(C(N)=O)nc(-c3cccs3)nc21. The molecule has 9 nitrogen and oxygen atoms in total. The molecule has 158 valence electrons. The zero-order valence-corrected chi connectivity index (χ0v) is 17.8. The molecule has 4 heterocycles. The van der Waals surface area contributed by atoms with Gasteiger partial charge in [-0.3, -0.25) is 18.7 Å². The van der Waals surface area contributed by atoms with Crippen LogP contribution in [0.5, 0.6) is 0 Å². The van der Waals surface area contributed by atoms with Crippen LogP contribution in [0.25, 0.3) is 21.9 Å². The largest absolute Gasteiger partial charge is 0.364 e. The lowest BCUT2D eigenvalue weighted by molar-refractivity contribution is -0.133. The van der Waals surface area contributed by atoms with Gasteiger partial charge in [0.2, 0.25) is 5.91 Å². The van der Waals surface area contributed by atoms with E-state index in [9.17, 15) is 14.4 Å². The maximum absolute atomic E-state index is 13.1. The lowest BCUT2D eigenvalue weighted by Crippen LogP contribution is -2.42. The van der Waals surface area contributed by atoms with Crippen molar-refractivity contribution in [1.29, 1.82) is 0 Å². The topological polar surface area (TPSA) is 116 Å². The van der Waals surface area contributed by atoms with Crippen LogP contribution in [0.2, 0.25) is 0 Å². The van der Waals surface area contributed by atoms with Crippen molar-refractivity contribution in [3.8, 4) is 10.7 Å². The molecule has 0 radical (unpaired) electrons. The third-order valence-corrected chi connectivity index (χ3v) is 6.31. The first-order valence-corrected chi connectivity index (χ1v) is 10.9. The van der Waals surface area contributed by atoms with E-state index in [0.717, 1.165) is 17.7 Å². The second-order valence-electron chi connectivity index (χ2n) is 7.61. The van der Waals surface area contributed by atoms with Crippen LogP contribution in [0.4, 0.5) is 0 Å². The van der Waals surface area contributed by atoms with Crippen molar-refractivity contribution in [3.63, 3.8) is 0 Å². The molecule has 0 spiro atoms. The zero-order valence-electron chi connectivity index (χ0n) is 17.0. The molecule has 0 saturated carbocycles. The second-order valence-corrected chi connectivity index (χ2v) is 8.56. The molecule has 1 atom stereocenters. The summed E-state index contributed by atoms with van der Waals surface area (Å²) in [6, 6.07) is 3.69. The maximum Gasteiger partial charge on any atom is 0.330 e. The monoisotopic (exact) mass is 428 g/mol. The fourth-order valence-corrected chi connectivity index (χ4v) is 4.64. The predicted octanol–water partition coefficient (Wildman–Crippen LogP) is 1.70. The highest BCUT2D eigenvalue weighted by atomic mass is 32.1. The van der Waals surface area contributed by atoms with E-state index in [0.29, 0.717) is 37.0 Å². The fraction of sp³-hybridized carbons (Fsp3) is 0.450. The number of carbonyl (C=O) groups is 2. The number of imidazole rings is 1. The van der Waals surface area contributed by atoms with E-state index in [4.69, 9.17) is 5.73 Å². The van der Waals surface area contributed by atoms with Gasteiger partial charge >= 0.3 is 5.69 Å². The summed E-state index contributed by atoms with van der Waals surface area (Å²) in [6.07, 6.45) is 2.03. The van der Waals surface area contributed by atoms with Gasteiger partial charge in [-0.05, 0) is 37.1 Å². The average molecular weight is 429 g/mol.